The van der Waals surface area contributed by atoms with Crippen LogP contribution in [0, 0.1) is 0 Å². The number of hydrogen-bond acceptors (Lipinski definition) is 5. The topological polar surface area (TPSA) is 102 Å². The van der Waals surface area contributed by atoms with Gasteiger partial charge in [0.2, 0.25) is 0 Å². The van der Waals surface area contributed by atoms with Crippen LogP contribution in [-0.2, 0) is 16.2 Å². The van der Waals surface area contributed by atoms with Crippen molar-refractivity contribution in [1.29, 1.82) is 0 Å². The van der Waals surface area contributed by atoms with Gasteiger partial charge < -0.3 is 14.6 Å². The van der Waals surface area contributed by atoms with Gasteiger partial charge in [0.1, 0.15) is 16.4 Å². The molecule has 2 rings (SSSR count). The Kier molecular flexibility index (Phi) is 6.62. The van der Waals surface area contributed by atoms with Gasteiger partial charge in [-0.1, -0.05) is 6.92 Å². The summed E-state index contributed by atoms with van der Waals surface area (Å²) in [6.45, 7) is 1.92. The second-order valence-corrected chi connectivity index (χ2v) is 7.48. The fourth-order valence-electron chi connectivity index (χ4n) is 2.34. The minimum atomic E-state index is -4.70. The van der Waals surface area contributed by atoms with E-state index in [0.29, 0.717) is 12.5 Å². The zero-order chi connectivity index (χ0) is 21.8. The van der Waals surface area contributed by atoms with Crippen LogP contribution in [0.5, 0.6) is 11.5 Å². The van der Waals surface area contributed by atoms with Gasteiger partial charge in [-0.2, -0.15) is 13.2 Å². The predicted octanol–water partition coefficient (Wildman–Crippen LogP) is 4.00. The Hall–Kier alpha value is -2.95. The second-order valence-electron chi connectivity index (χ2n) is 5.83. The molecule has 2 aromatic rings. The fourth-order valence-corrected chi connectivity index (χ4v) is 3.60. The third kappa shape index (κ3) is 5.31. The molecule has 2 N–H and O–H groups in total. The molecule has 0 amide bonds. The zero-order valence-corrected chi connectivity index (χ0v) is 16.2. The fraction of sp³-hybridized carbons (Fsp3) is 0.278. The van der Waals surface area contributed by atoms with E-state index in [0.717, 1.165) is 30.3 Å². The highest BCUT2D eigenvalue weighted by Gasteiger charge is 2.32. The quantitative estimate of drug-likeness (QED) is 0.653. The molecule has 0 saturated heterocycles. The van der Waals surface area contributed by atoms with Crippen molar-refractivity contribution in [2.75, 3.05) is 18.4 Å². The van der Waals surface area contributed by atoms with E-state index >= 15 is 0 Å². The maximum Gasteiger partial charge on any atom is 0.416 e. The monoisotopic (exact) mass is 433 g/mol. The molecule has 0 aliphatic rings. The first-order valence-electron chi connectivity index (χ1n) is 8.27. The molecule has 29 heavy (non-hydrogen) atoms. The van der Waals surface area contributed by atoms with Crippen LogP contribution in [0.1, 0.15) is 29.3 Å². The van der Waals surface area contributed by atoms with Gasteiger partial charge in [0, 0.05) is 0 Å². The number of ether oxygens (including phenoxy) is 2. The van der Waals surface area contributed by atoms with Gasteiger partial charge in [-0.3, -0.25) is 4.72 Å². The Morgan fingerprint density at radius 1 is 1.14 bits per heavy atom. The number of anilines is 1. The number of nitrogens with one attached hydrogen (secondary N) is 1. The Morgan fingerprint density at radius 3 is 2.34 bits per heavy atom. The molecular formula is C18H18F3NO6S. The van der Waals surface area contributed by atoms with Gasteiger partial charge in [-0.15, -0.1) is 0 Å². The molecule has 0 saturated carbocycles. The van der Waals surface area contributed by atoms with Crippen LogP contribution in [0.15, 0.2) is 41.3 Å². The first-order valence-corrected chi connectivity index (χ1v) is 9.76. The van der Waals surface area contributed by atoms with Crippen molar-refractivity contribution < 1.29 is 41.0 Å². The zero-order valence-electron chi connectivity index (χ0n) is 15.4. The summed E-state index contributed by atoms with van der Waals surface area (Å²) in [6.07, 6.45) is -4.16. The summed E-state index contributed by atoms with van der Waals surface area (Å²) >= 11 is 0. The molecule has 0 fully saturated rings. The summed E-state index contributed by atoms with van der Waals surface area (Å²) in [6, 6.07) is 5.52. The number of rotatable bonds is 8. The molecule has 0 aliphatic carbocycles. The smallest absolute Gasteiger partial charge is 0.416 e. The number of benzene rings is 2. The lowest BCUT2D eigenvalue weighted by Crippen LogP contribution is -2.17. The van der Waals surface area contributed by atoms with Crippen LogP contribution >= 0.6 is 0 Å². The van der Waals surface area contributed by atoms with Crippen molar-refractivity contribution in [2.24, 2.45) is 0 Å². The van der Waals surface area contributed by atoms with Crippen LogP contribution in [0.4, 0.5) is 18.9 Å². The lowest BCUT2D eigenvalue weighted by atomic mass is 10.2. The van der Waals surface area contributed by atoms with Crippen LogP contribution in [0.2, 0.25) is 0 Å². The number of carbonyl (C=O) groups is 1. The molecule has 0 radical (unpaired) electrons. The number of alkyl halides is 3. The minimum Gasteiger partial charge on any atom is -0.495 e. The maximum absolute atomic E-state index is 13.1. The van der Waals surface area contributed by atoms with Gasteiger partial charge in [-0.05, 0) is 42.8 Å². The van der Waals surface area contributed by atoms with E-state index in [1.807, 2.05) is 4.72 Å². The lowest BCUT2D eigenvalue weighted by molar-refractivity contribution is -0.137. The third-order valence-electron chi connectivity index (χ3n) is 3.71. The Balaban J connectivity index is 2.56. The van der Waals surface area contributed by atoms with Gasteiger partial charge in [-0.25, -0.2) is 13.2 Å². The molecule has 2 aromatic carbocycles. The number of sulfonamides is 1. The van der Waals surface area contributed by atoms with E-state index in [9.17, 15) is 26.4 Å². The Labute approximate surface area is 165 Å². The number of aromatic carboxylic acids is 1. The van der Waals surface area contributed by atoms with Gasteiger partial charge in [0.05, 0.1) is 30.5 Å². The molecular weight excluding hydrogens is 415 g/mol. The van der Waals surface area contributed by atoms with E-state index in [1.165, 1.54) is 7.11 Å². The summed E-state index contributed by atoms with van der Waals surface area (Å²) in [7, 11) is -3.33. The summed E-state index contributed by atoms with van der Waals surface area (Å²) in [5, 5.41) is 9.09. The van der Waals surface area contributed by atoms with E-state index in [2.05, 4.69) is 0 Å². The van der Waals surface area contributed by atoms with Crippen LogP contribution in [0.25, 0.3) is 0 Å². The first kappa shape index (κ1) is 22.3. The minimum absolute atomic E-state index is 0.100. The molecule has 0 bridgehead atoms. The molecule has 7 nitrogen and oxygen atoms in total. The summed E-state index contributed by atoms with van der Waals surface area (Å²) in [5.41, 5.74) is -1.85. The van der Waals surface area contributed by atoms with Crippen molar-refractivity contribution in [2.45, 2.75) is 24.4 Å². The molecule has 0 aromatic heterocycles. The van der Waals surface area contributed by atoms with Crippen molar-refractivity contribution in [3.63, 3.8) is 0 Å². The largest absolute Gasteiger partial charge is 0.495 e. The standard InChI is InChI=1S/C18H18F3NO6S/c1-3-8-28-14-7-5-12(18(19,20)21)10-13(14)22-29(25,26)16-9-11(17(23)24)4-6-15(16)27-2/h4-7,9-10,22H,3,8H2,1-2H3,(H,23,24). The van der Waals surface area contributed by atoms with Crippen molar-refractivity contribution in [1.82, 2.24) is 0 Å². The average molecular weight is 433 g/mol. The molecule has 158 valence electrons. The first-order chi connectivity index (χ1) is 13.5. The normalized spacial score (nSPS) is 11.8. The van der Waals surface area contributed by atoms with Crippen molar-refractivity contribution in [3.05, 3.63) is 47.5 Å². The van der Waals surface area contributed by atoms with E-state index < -0.39 is 38.3 Å². The molecule has 0 heterocycles. The lowest BCUT2D eigenvalue weighted by Gasteiger charge is -2.17. The number of carboxylic acids is 1. The molecule has 0 unspecified atom stereocenters. The molecule has 0 aliphatic heterocycles. The summed E-state index contributed by atoms with van der Waals surface area (Å²) in [4.78, 5) is 10.6. The highest BCUT2D eigenvalue weighted by atomic mass is 32.2. The predicted molar refractivity (Wildman–Crippen MR) is 98.0 cm³/mol. The van der Waals surface area contributed by atoms with Crippen LogP contribution < -0.4 is 14.2 Å². The summed E-state index contributed by atoms with van der Waals surface area (Å²) < 4.78 is 77.2. The van der Waals surface area contributed by atoms with Crippen molar-refractivity contribution >= 4 is 21.7 Å². The number of methoxy groups -OCH3 is 1. The van der Waals surface area contributed by atoms with Gasteiger partial charge >= 0.3 is 12.1 Å². The Bertz CT molecular complexity index is 1010. The van der Waals surface area contributed by atoms with Crippen molar-refractivity contribution in [3.8, 4) is 11.5 Å². The van der Waals surface area contributed by atoms with E-state index in [1.54, 1.807) is 6.92 Å². The van der Waals surface area contributed by atoms with Crippen LogP contribution in [-0.4, -0.2) is 33.2 Å². The van der Waals surface area contributed by atoms with Gasteiger partial charge in [0.15, 0.2) is 0 Å². The number of carboxylic acid groups (broad SMARTS) is 1. The average Bonchev–Trinajstić information content (AvgIpc) is 2.65. The number of halogens is 3. The second kappa shape index (κ2) is 8.60. The maximum atomic E-state index is 13.1. The highest BCUT2D eigenvalue weighted by molar-refractivity contribution is 7.92. The number of hydrogen-bond donors (Lipinski definition) is 2. The SMILES string of the molecule is CCCOc1ccc(C(F)(F)F)cc1NS(=O)(=O)c1cc(C(=O)O)ccc1OC. The molecule has 0 atom stereocenters. The molecule has 11 heteroatoms. The highest BCUT2D eigenvalue weighted by Crippen LogP contribution is 2.37. The van der Waals surface area contributed by atoms with Crippen LogP contribution in [0.3, 0.4) is 0 Å². The summed E-state index contributed by atoms with van der Waals surface area (Å²) in [5.74, 6) is -1.66. The van der Waals surface area contributed by atoms with E-state index in [4.69, 9.17) is 14.6 Å². The molecule has 0 spiro atoms. The third-order valence-corrected chi connectivity index (χ3v) is 5.10. The van der Waals surface area contributed by atoms with Gasteiger partial charge in [0.25, 0.3) is 10.0 Å². The van der Waals surface area contributed by atoms with E-state index in [-0.39, 0.29) is 23.7 Å². The Morgan fingerprint density at radius 2 is 1.79 bits per heavy atom.